The fourth-order valence-corrected chi connectivity index (χ4v) is 4.72. The maximum absolute atomic E-state index is 12.9. The summed E-state index contributed by atoms with van der Waals surface area (Å²) >= 11 is 0. The van der Waals surface area contributed by atoms with E-state index in [-0.39, 0.29) is 18.3 Å². The lowest BCUT2D eigenvalue weighted by Crippen LogP contribution is -2.34. The fraction of sp³-hybridized carbons (Fsp3) is 0.276. The number of amides is 1. The number of halogens is 1. The molecule has 1 fully saturated rings. The monoisotopic (exact) mass is 502 g/mol. The number of fused-ring (bicyclic) bond motifs is 1. The molecule has 1 amide bonds. The zero-order chi connectivity index (χ0) is 24.0. The quantitative estimate of drug-likeness (QED) is 0.299. The number of aryl methyl sites for hydroxylation is 1. The predicted molar refractivity (Wildman–Crippen MR) is 146 cm³/mol. The van der Waals surface area contributed by atoms with Crippen LogP contribution in [0.4, 0.5) is 5.82 Å². The largest absolute Gasteiger partial charge is 0.438 e. The van der Waals surface area contributed by atoms with E-state index in [1.165, 1.54) is 10.9 Å². The SMILES string of the molecule is Cc1cc(N[C@H]2CC[C@@H](CNC(=O)c3cccnc3Oc3ccccc3)CC2)nc2ccccc12.Cl. The molecular formula is C29H31ClN4O2. The van der Waals surface area contributed by atoms with Gasteiger partial charge in [-0.3, -0.25) is 4.79 Å². The smallest absolute Gasteiger partial charge is 0.256 e. The summed E-state index contributed by atoms with van der Waals surface area (Å²) in [7, 11) is 0. The van der Waals surface area contributed by atoms with Crippen molar-refractivity contribution in [3.05, 3.63) is 90.1 Å². The first-order valence-corrected chi connectivity index (χ1v) is 12.2. The van der Waals surface area contributed by atoms with Crippen LogP contribution in [0.5, 0.6) is 11.6 Å². The molecule has 2 aromatic carbocycles. The van der Waals surface area contributed by atoms with Gasteiger partial charge in [-0.1, -0.05) is 36.4 Å². The van der Waals surface area contributed by atoms with Crippen LogP contribution in [0.25, 0.3) is 10.9 Å². The van der Waals surface area contributed by atoms with Crippen molar-refractivity contribution in [3.63, 3.8) is 0 Å². The molecule has 0 aliphatic heterocycles. The average Bonchev–Trinajstić information content (AvgIpc) is 2.89. The van der Waals surface area contributed by atoms with Crippen LogP contribution in [0.2, 0.25) is 0 Å². The molecule has 4 aromatic rings. The van der Waals surface area contributed by atoms with Crippen LogP contribution in [0.3, 0.4) is 0 Å². The van der Waals surface area contributed by atoms with E-state index >= 15 is 0 Å². The second kappa shape index (κ2) is 11.9. The lowest BCUT2D eigenvalue weighted by atomic mass is 9.86. The van der Waals surface area contributed by atoms with E-state index in [1.54, 1.807) is 18.3 Å². The molecule has 2 heterocycles. The molecule has 2 aromatic heterocycles. The van der Waals surface area contributed by atoms with E-state index in [0.29, 0.717) is 35.7 Å². The van der Waals surface area contributed by atoms with Gasteiger partial charge >= 0.3 is 0 Å². The molecule has 1 saturated carbocycles. The summed E-state index contributed by atoms with van der Waals surface area (Å²) in [5.41, 5.74) is 2.71. The lowest BCUT2D eigenvalue weighted by Gasteiger charge is -2.29. The highest BCUT2D eigenvalue weighted by Crippen LogP contribution is 2.28. The number of carbonyl (C=O) groups is 1. The first kappa shape index (κ1) is 25.5. The first-order valence-electron chi connectivity index (χ1n) is 12.2. The Labute approximate surface area is 217 Å². The number of carbonyl (C=O) groups excluding carboxylic acids is 1. The Kier molecular flexibility index (Phi) is 8.39. The Hall–Kier alpha value is -3.64. The topological polar surface area (TPSA) is 76.1 Å². The molecule has 186 valence electrons. The van der Waals surface area contributed by atoms with Gasteiger partial charge in [0.15, 0.2) is 0 Å². The summed E-state index contributed by atoms with van der Waals surface area (Å²) in [5.74, 6) is 2.23. The van der Waals surface area contributed by atoms with Gasteiger partial charge in [0.1, 0.15) is 17.1 Å². The van der Waals surface area contributed by atoms with E-state index in [1.807, 2.05) is 36.4 Å². The van der Waals surface area contributed by atoms with Crippen LogP contribution >= 0.6 is 12.4 Å². The number of anilines is 1. The molecule has 0 radical (unpaired) electrons. The molecule has 7 heteroatoms. The predicted octanol–water partition coefficient (Wildman–Crippen LogP) is 6.55. The molecule has 1 aliphatic rings. The number of hydrogen-bond acceptors (Lipinski definition) is 5. The number of benzene rings is 2. The summed E-state index contributed by atoms with van der Waals surface area (Å²) in [5, 5.41) is 7.93. The highest BCUT2D eigenvalue weighted by Gasteiger charge is 2.23. The van der Waals surface area contributed by atoms with Crippen LogP contribution < -0.4 is 15.4 Å². The third kappa shape index (κ3) is 6.13. The molecular weight excluding hydrogens is 472 g/mol. The van der Waals surface area contributed by atoms with Crippen LogP contribution in [0.15, 0.2) is 79.0 Å². The van der Waals surface area contributed by atoms with Gasteiger partial charge in [-0.2, -0.15) is 0 Å². The molecule has 5 rings (SSSR count). The van der Waals surface area contributed by atoms with Crippen molar-refractivity contribution in [3.8, 4) is 11.6 Å². The molecule has 0 bridgehead atoms. The number of rotatable bonds is 7. The molecule has 2 N–H and O–H groups in total. The minimum atomic E-state index is -0.153. The van der Waals surface area contributed by atoms with Gasteiger partial charge in [-0.05, 0) is 80.5 Å². The molecule has 0 atom stereocenters. The second-order valence-corrected chi connectivity index (χ2v) is 9.18. The highest BCUT2D eigenvalue weighted by molar-refractivity contribution is 5.96. The van der Waals surface area contributed by atoms with E-state index in [4.69, 9.17) is 9.72 Å². The fourth-order valence-electron chi connectivity index (χ4n) is 4.72. The summed E-state index contributed by atoms with van der Waals surface area (Å²) in [6.45, 7) is 2.78. The number of nitrogens with one attached hydrogen (secondary N) is 2. The van der Waals surface area contributed by atoms with Gasteiger partial charge in [0.05, 0.1) is 5.52 Å². The van der Waals surface area contributed by atoms with Crippen molar-refractivity contribution < 1.29 is 9.53 Å². The van der Waals surface area contributed by atoms with Gasteiger partial charge in [-0.15, -0.1) is 12.4 Å². The van der Waals surface area contributed by atoms with Crippen LogP contribution in [-0.4, -0.2) is 28.5 Å². The molecule has 0 spiro atoms. The van der Waals surface area contributed by atoms with Gasteiger partial charge in [0, 0.05) is 24.2 Å². The van der Waals surface area contributed by atoms with Crippen LogP contribution in [0.1, 0.15) is 41.6 Å². The zero-order valence-electron chi connectivity index (χ0n) is 20.3. The number of hydrogen-bond donors (Lipinski definition) is 2. The van der Waals surface area contributed by atoms with Gasteiger partial charge < -0.3 is 15.4 Å². The number of nitrogens with zero attached hydrogens (tertiary/aromatic N) is 2. The summed E-state index contributed by atoms with van der Waals surface area (Å²) in [6, 6.07) is 23.7. The summed E-state index contributed by atoms with van der Waals surface area (Å²) < 4.78 is 5.84. The minimum Gasteiger partial charge on any atom is -0.438 e. The van der Waals surface area contributed by atoms with Crippen molar-refractivity contribution in [1.82, 2.24) is 15.3 Å². The Morgan fingerprint density at radius 3 is 2.53 bits per heavy atom. The van der Waals surface area contributed by atoms with Gasteiger partial charge in [0.25, 0.3) is 5.91 Å². The number of ether oxygens (including phenoxy) is 1. The van der Waals surface area contributed by atoms with Crippen molar-refractivity contribution in [2.24, 2.45) is 5.92 Å². The lowest BCUT2D eigenvalue weighted by molar-refractivity contribution is 0.0940. The minimum absolute atomic E-state index is 0. The van der Waals surface area contributed by atoms with Gasteiger partial charge in [0.2, 0.25) is 5.88 Å². The second-order valence-electron chi connectivity index (χ2n) is 9.18. The standard InChI is InChI=1S/C29H30N4O2.ClH/c1-20-18-27(33-26-12-6-5-10-24(20)26)32-22-15-13-21(14-16-22)19-31-28(34)25-11-7-17-30-29(25)35-23-8-3-2-4-9-23;/h2-12,17-18,21-22H,13-16,19H2,1H3,(H,31,34)(H,32,33);1H/t21-,22+;. The van der Waals surface area contributed by atoms with Crippen molar-refractivity contribution >= 4 is 35.0 Å². The summed E-state index contributed by atoms with van der Waals surface area (Å²) in [4.78, 5) is 22.0. The van der Waals surface area contributed by atoms with E-state index in [2.05, 4.69) is 46.8 Å². The molecule has 0 unspecified atom stereocenters. The van der Waals surface area contributed by atoms with E-state index in [0.717, 1.165) is 37.0 Å². The Morgan fingerprint density at radius 2 is 1.72 bits per heavy atom. The normalized spacial score (nSPS) is 17.1. The Balaban J connectivity index is 0.00000304. The Bertz CT molecular complexity index is 1310. The number of pyridine rings is 2. The average molecular weight is 503 g/mol. The Morgan fingerprint density at radius 1 is 0.972 bits per heavy atom. The zero-order valence-corrected chi connectivity index (χ0v) is 21.1. The maximum Gasteiger partial charge on any atom is 0.256 e. The van der Waals surface area contributed by atoms with E-state index < -0.39 is 0 Å². The third-order valence-corrected chi connectivity index (χ3v) is 6.65. The van der Waals surface area contributed by atoms with Crippen molar-refractivity contribution in [2.45, 2.75) is 38.6 Å². The molecule has 1 aliphatic carbocycles. The molecule has 0 saturated heterocycles. The molecule has 36 heavy (non-hydrogen) atoms. The van der Waals surface area contributed by atoms with Crippen molar-refractivity contribution in [2.75, 3.05) is 11.9 Å². The maximum atomic E-state index is 12.9. The van der Waals surface area contributed by atoms with Crippen molar-refractivity contribution in [1.29, 1.82) is 0 Å². The number of aromatic nitrogens is 2. The summed E-state index contributed by atoms with van der Waals surface area (Å²) in [6.07, 6.45) is 5.87. The third-order valence-electron chi connectivity index (χ3n) is 6.65. The van der Waals surface area contributed by atoms with Crippen LogP contribution in [0, 0.1) is 12.8 Å². The highest BCUT2D eigenvalue weighted by atomic mass is 35.5. The van der Waals surface area contributed by atoms with Gasteiger partial charge in [-0.25, -0.2) is 9.97 Å². The van der Waals surface area contributed by atoms with E-state index in [9.17, 15) is 4.79 Å². The molecule has 6 nitrogen and oxygen atoms in total. The first-order chi connectivity index (χ1) is 17.2. The van der Waals surface area contributed by atoms with Crippen LogP contribution in [-0.2, 0) is 0 Å². The number of para-hydroxylation sites is 2.